The summed E-state index contributed by atoms with van der Waals surface area (Å²) in [4.78, 5) is 16.0. The fourth-order valence-electron chi connectivity index (χ4n) is 2.61. The number of hydrogen-bond acceptors (Lipinski definition) is 3. The topological polar surface area (TPSA) is 20.3 Å². The first-order valence-corrected chi connectivity index (χ1v) is 8.86. The third kappa shape index (κ3) is 4.10. The number of hydrogen-bond donors (Lipinski definition) is 0. The molecular weight excluding hydrogens is 266 g/mol. The number of ketones is 1. The lowest BCUT2D eigenvalue weighted by molar-refractivity contribution is 0.0923. The Kier molecular flexibility index (Phi) is 4.47. The second kappa shape index (κ2) is 6.31. The van der Waals surface area contributed by atoms with Gasteiger partial charge in [-0.3, -0.25) is 9.69 Å². The van der Waals surface area contributed by atoms with E-state index in [1.54, 1.807) is 11.8 Å². The van der Waals surface area contributed by atoms with Gasteiger partial charge in [0.1, 0.15) is 0 Å². The van der Waals surface area contributed by atoms with Crippen LogP contribution >= 0.6 is 11.8 Å². The van der Waals surface area contributed by atoms with Gasteiger partial charge < -0.3 is 0 Å². The molecule has 3 heteroatoms. The van der Waals surface area contributed by atoms with Crippen LogP contribution in [0.25, 0.3) is 0 Å². The zero-order chi connectivity index (χ0) is 13.9. The van der Waals surface area contributed by atoms with Gasteiger partial charge >= 0.3 is 0 Å². The summed E-state index contributed by atoms with van der Waals surface area (Å²) in [5.41, 5.74) is 0.861. The molecule has 20 heavy (non-hydrogen) atoms. The summed E-state index contributed by atoms with van der Waals surface area (Å²) in [7, 11) is 0. The van der Waals surface area contributed by atoms with Crippen LogP contribution in [0.5, 0.6) is 0 Å². The van der Waals surface area contributed by atoms with Crippen LogP contribution in [0, 0.1) is 11.8 Å². The highest BCUT2D eigenvalue weighted by Gasteiger charge is 2.30. The molecule has 0 unspecified atom stereocenters. The fourth-order valence-corrected chi connectivity index (χ4v) is 3.01. The number of Topliss-reactive ketones (excluding diaryl/α,β-unsaturated/α-hetero) is 1. The van der Waals surface area contributed by atoms with Gasteiger partial charge in [0.2, 0.25) is 0 Å². The smallest absolute Gasteiger partial charge is 0.176 e. The lowest BCUT2D eigenvalue weighted by atomic mass is 10.1. The zero-order valence-corrected chi connectivity index (χ0v) is 13.0. The second-order valence-corrected chi connectivity index (χ2v) is 7.11. The van der Waals surface area contributed by atoms with Crippen molar-refractivity contribution in [3.8, 4) is 0 Å². The van der Waals surface area contributed by atoms with E-state index in [1.807, 2.05) is 24.3 Å². The third-order valence-electron chi connectivity index (χ3n) is 4.21. The number of thioether (sulfide) groups is 1. The summed E-state index contributed by atoms with van der Waals surface area (Å²) in [6.45, 7) is 2.86. The van der Waals surface area contributed by atoms with Gasteiger partial charge in [0.25, 0.3) is 0 Å². The van der Waals surface area contributed by atoms with Crippen LogP contribution in [0.3, 0.4) is 0 Å². The van der Waals surface area contributed by atoms with Gasteiger partial charge in [-0.2, -0.15) is 0 Å². The first kappa shape index (κ1) is 14.2. The Hall–Kier alpha value is -0.800. The molecule has 0 spiro atoms. The molecule has 0 atom stereocenters. The Bertz CT molecular complexity index is 448. The summed E-state index contributed by atoms with van der Waals surface area (Å²) in [6.07, 6.45) is 7.49. The Morgan fingerprint density at radius 1 is 1.10 bits per heavy atom. The first-order chi connectivity index (χ1) is 9.74. The largest absolute Gasteiger partial charge is 0.295 e. The van der Waals surface area contributed by atoms with Crippen LogP contribution in [0.2, 0.25) is 0 Å². The molecule has 0 bridgehead atoms. The molecule has 2 saturated carbocycles. The van der Waals surface area contributed by atoms with Crippen molar-refractivity contribution < 1.29 is 4.79 Å². The molecule has 1 aromatic rings. The van der Waals surface area contributed by atoms with Crippen LogP contribution in [-0.2, 0) is 0 Å². The minimum atomic E-state index is 0.277. The molecule has 0 radical (unpaired) electrons. The summed E-state index contributed by atoms with van der Waals surface area (Å²) in [6, 6.07) is 8.04. The number of benzene rings is 1. The lowest BCUT2D eigenvalue weighted by Crippen LogP contribution is -2.33. The Morgan fingerprint density at radius 2 is 1.65 bits per heavy atom. The van der Waals surface area contributed by atoms with Gasteiger partial charge in [0.15, 0.2) is 5.78 Å². The maximum atomic E-state index is 12.4. The molecule has 2 fully saturated rings. The standard InChI is InChI=1S/C17H23NOS/c1-20-16-8-6-15(7-9-16)17(19)12-18(10-13-2-3-13)11-14-4-5-14/h6-9,13-14H,2-5,10-12H2,1H3. The van der Waals surface area contributed by atoms with Gasteiger partial charge in [-0.15, -0.1) is 11.8 Å². The van der Waals surface area contributed by atoms with Gasteiger partial charge in [-0.25, -0.2) is 0 Å². The van der Waals surface area contributed by atoms with Crippen LogP contribution < -0.4 is 0 Å². The quantitative estimate of drug-likeness (QED) is 0.537. The Labute approximate surface area is 125 Å². The van der Waals surface area contributed by atoms with Crippen molar-refractivity contribution in [2.75, 3.05) is 25.9 Å². The molecule has 108 valence electrons. The van der Waals surface area contributed by atoms with E-state index in [-0.39, 0.29) is 5.78 Å². The van der Waals surface area contributed by atoms with Gasteiger partial charge in [-0.1, -0.05) is 12.1 Å². The van der Waals surface area contributed by atoms with Crippen molar-refractivity contribution >= 4 is 17.5 Å². The molecule has 3 rings (SSSR count). The molecule has 0 amide bonds. The van der Waals surface area contributed by atoms with Gasteiger partial charge in [0, 0.05) is 23.5 Å². The monoisotopic (exact) mass is 289 g/mol. The van der Waals surface area contributed by atoms with E-state index in [4.69, 9.17) is 0 Å². The minimum Gasteiger partial charge on any atom is -0.295 e. The van der Waals surface area contributed by atoms with E-state index >= 15 is 0 Å². The molecule has 2 aliphatic rings. The molecule has 0 aromatic heterocycles. The molecule has 2 aliphatic carbocycles. The predicted molar refractivity (Wildman–Crippen MR) is 84.4 cm³/mol. The highest BCUT2D eigenvalue weighted by Crippen LogP contribution is 2.33. The molecule has 0 saturated heterocycles. The van der Waals surface area contributed by atoms with Crippen LogP contribution in [0.1, 0.15) is 36.0 Å². The van der Waals surface area contributed by atoms with Crippen molar-refractivity contribution in [1.82, 2.24) is 4.90 Å². The van der Waals surface area contributed by atoms with Crippen LogP contribution in [0.4, 0.5) is 0 Å². The van der Waals surface area contributed by atoms with Crippen LogP contribution in [-0.4, -0.2) is 36.6 Å². The Morgan fingerprint density at radius 3 is 2.10 bits per heavy atom. The van der Waals surface area contributed by atoms with Crippen molar-refractivity contribution in [3.05, 3.63) is 29.8 Å². The van der Waals surface area contributed by atoms with E-state index in [9.17, 15) is 4.79 Å². The number of carbonyl (C=O) groups is 1. The average molecular weight is 289 g/mol. The summed E-state index contributed by atoms with van der Waals surface area (Å²) >= 11 is 1.71. The first-order valence-electron chi connectivity index (χ1n) is 7.64. The molecule has 2 nitrogen and oxygen atoms in total. The minimum absolute atomic E-state index is 0.277. The maximum absolute atomic E-state index is 12.4. The second-order valence-electron chi connectivity index (χ2n) is 6.23. The zero-order valence-electron chi connectivity index (χ0n) is 12.2. The summed E-state index contributed by atoms with van der Waals surface area (Å²) in [5.74, 6) is 2.00. The van der Waals surface area contributed by atoms with E-state index in [2.05, 4.69) is 11.2 Å². The normalized spacial score (nSPS) is 18.5. The highest BCUT2D eigenvalue weighted by atomic mass is 32.2. The van der Waals surface area contributed by atoms with Gasteiger partial charge in [-0.05, 0) is 55.9 Å². The number of nitrogens with zero attached hydrogens (tertiary/aromatic N) is 1. The fraction of sp³-hybridized carbons (Fsp3) is 0.588. The molecule has 1 aromatic carbocycles. The maximum Gasteiger partial charge on any atom is 0.176 e. The number of rotatable bonds is 8. The summed E-state index contributed by atoms with van der Waals surface area (Å²) in [5, 5.41) is 0. The third-order valence-corrected chi connectivity index (χ3v) is 4.95. The van der Waals surface area contributed by atoms with Crippen molar-refractivity contribution in [3.63, 3.8) is 0 Å². The van der Waals surface area contributed by atoms with E-state index < -0.39 is 0 Å². The van der Waals surface area contributed by atoms with Gasteiger partial charge in [0.05, 0.1) is 6.54 Å². The molecule has 0 N–H and O–H groups in total. The van der Waals surface area contributed by atoms with E-state index in [0.29, 0.717) is 6.54 Å². The average Bonchev–Trinajstić information content (AvgIpc) is 3.35. The predicted octanol–water partition coefficient (Wildman–Crippen LogP) is 3.71. The Balaban J connectivity index is 1.58. The van der Waals surface area contributed by atoms with E-state index in [0.717, 1.165) is 30.5 Å². The van der Waals surface area contributed by atoms with Crippen LogP contribution in [0.15, 0.2) is 29.2 Å². The van der Waals surface area contributed by atoms with E-state index in [1.165, 1.54) is 30.6 Å². The highest BCUT2D eigenvalue weighted by molar-refractivity contribution is 7.98. The van der Waals surface area contributed by atoms with Crippen molar-refractivity contribution in [1.29, 1.82) is 0 Å². The summed E-state index contributed by atoms with van der Waals surface area (Å²) < 4.78 is 0. The molecule has 0 heterocycles. The SMILES string of the molecule is CSc1ccc(C(=O)CN(CC2CC2)CC2CC2)cc1. The number of carbonyl (C=O) groups excluding carboxylic acids is 1. The molecule has 0 aliphatic heterocycles. The van der Waals surface area contributed by atoms with Crippen molar-refractivity contribution in [2.45, 2.75) is 30.6 Å². The lowest BCUT2D eigenvalue weighted by Gasteiger charge is -2.21. The van der Waals surface area contributed by atoms with Crippen molar-refractivity contribution in [2.24, 2.45) is 11.8 Å². The molecular formula is C17H23NOS.